The van der Waals surface area contributed by atoms with E-state index in [2.05, 4.69) is 102 Å². The van der Waals surface area contributed by atoms with Gasteiger partial charge in [0.15, 0.2) is 5.11 Å². The molecular formula is C43H65N3O2S. The van der Waals surface area contributed by atoms with E-state index in [1.807, 2.05) is 0 Å². The van der Waals surface area contributed by atoms with E-state index < -0.39 is 0 Å². The van der Waals surface area contributed by atoms with Crippen molar-refractivity contribution in [2.24, 2.45) is 56.7 Å². The summed E-state index contributed by atoms with van der Waals surface area (Å²) in [6.07, 6.45) is 12.4. The number of hydrogen-bond donors (Lipinski definition) is 2. The first-order valence-corrected chi connectivity index (χ1v) is 20.2. The van der Waals surface area contributed by atoms with Crippen LogP contribution >= 0.6 is 12.2 Å². The number of nitrogens with one attached hydrogen (secondary N) is 1. The Bertz CT molecular complexity index is 1530. The molecule has 1 aliphatic heterocycles. The highest BCUT2D eigenvalue weighted by Gasteiger charge is 2.69. The molecule has 2 N–H and O–H groups in total. The quantitative estimate of drug-likeness (QED) is 0.240. The predicted molar refractivity (Wildman–Crippen MR) is 205 cm³/mol. The highest BCUT2D eigenvalue weighted by molar-refractivity contribution is 7.80. The minimum Gasteiger partial charge on any atom is -0.393 e. The monoisotopic (exact) mass is 687 g/mol. The van der Waals surface area contributed by atoms with E-state index in [-0.39, 0.29) is 33.2 Å². The maximum absolute atomic E-state index is 15.1. The Morgan fingerprint density at radius 2 is 1.55 bits per heavy atom. The lowest BCUT2D eigenvalue weighted by Gasteiger charge is -2.71. The molecule has 1 heterocycles. The number of piperazine rings is 1. The van der Waals surface area contributed by atoms with Gasteiger partial charge in [0.2, 0.25) is 5.91 Å². The highest BCUT2D eigenvalue weighted by atomic mass is 32.1. The molecule has 4 saturated carbocycles. The minimum absolute atomic E-state index is 0.0375. The normalized spacial score (nSPS) is 42.9. The Morgan fingerprint density at radius 3 is 2.24 bits per heavy atom. The number of amides is 1. The Kier molecular flexibility index (Phi) is 8.74. The molecule has 0 bridgehead atoms. The number of nitrogens with zero attached hydrogens (tertiary/aromatic N) is 2. The molecule has 7 rings (SSSR count). The van der Waals surface area contributed by atoms with Crippen LogP contribution in [0.15, 0.2) is 29.8 Å². The van der Waals surface area contributed by atoms with E-state index >= 15 is 4.79 Å². The van der Waals surface area contributed by atoms with Crippen molar-refractivity contribution in [2.45, 2.75) is 126 Å². The molecule has 0 unspecified atom stereocenters. The molecule has 270 valence electrons. The van der Waals surface area contributed by atoms with Crippen molar-refractivity contribution < 1.29 is 9.90 Å². The number of allylic oxidation sites excluding steroid dienone is 2. The fourth-order valence-electron chi connectivity index (χ4n) is 13.3. The van der Waals surface area contributed by atoms with Crippen LogP contribution < -0.4 is 5.32 Å². The first-order valence-electron chi connectivity index (χ1n) is 19.8. The largest absolute Gasteiger partial charge is 0.393 e. The Balaban J connectivity index is 1.14. The van der Waals surface area contributed by atoms with Gasteiger partial charge in [-0.15, -0.1) is 0 Å². The molecule has 1 aromatic carbocycles. The lowest BCUT2D eigenvalue weighted by molar-refractivity contribution is -0.205. The van der Waals surface area contributed by atoms with Gasteiger partial charge in [0.05, 0.1) is 11.5 Å². The smallest absolute Gasteiger partial charge is 0.229 e. The van der Waals surface area contributed by atoms with Gasteiger partial charge in [0.25, 0.3) is 0 Å². The molecule has 1 aromatic rings. The number of benzene rings is 1. The van der Waals surface area contributed by atoms with Crippen LogP contribution in [0.5, 0.6) is 0 Å². The maximum atomic E-state index is 15.1. The average Bonchev–Trinajstić information content (AvgIpc) is 3.06. The van der Waals surface area contributed by atoms with Gasteiger partial charge in [-0.25, -0.2) is 0 Å². The van der Waals surface area contributed by atoms with Crippen LogP contribution in [0.3, 0.4) is 0 Å². The van der Waals surface area contributed by atoms with Crippen molar-refractivity contribution in [3.05, 3.63) is 41.0 Å². The number of hydrogen-bond acceptors (Lipinski definition) is 3. The Morgan fingerprint density at radius 1 is 0.857 bits per heavy atom. The van der Waals surface area contributed by atoms with Gasteiger partial charge in [-0.05, 0) is 158 Å². The van der Waals surface area contributed by atoms with Crippen LogP contribution in [0.25, 0.3) is 0 Å². The van der Waals surface area contributed by atoms with E-state index in [1.165, 1.54) is 24.0 Å². The van der Waals surface area contributed by atoms with Crippen LogP contribution in [0.1, 0.15) is 117 Å². The summed E-state index contributed by atoms with van der Waals surface area (Å²) in [5, 5.41) is 15.3. The fraction of sp³-hybridized carbons (Fsp3) is 0.767. The summed E-state index contributed by atoms with van der Waals surface area (Å²) in [4.78, 5) is 19.6. The zero-order valence-corrected chi connectivity index (χ0v) is 32.9. The number of anilines is 1. The van der Waals surface area contributed by atoms with E-state index in [0.717, 1.165) is 81.9 Å². The third kappa shape index (κ3) is 5.13. The molecule has 49 heavy (non-hydrogen) atoms. The molecule has 0 spiro atoms. The highest BCUT2D eigenvalue weighted by Crippen LogP contribution is 2.75. The molecule has 1 amide bonds. The second kappa shape index (κ2) is 12.1. The number of carbonyl (C=O) groups is 1. The van der Waals surface area contributed by atoms with Crippen molar-refractivity contribution in [1.29, 1.82) is 0 Å². The van der Waals surface area contributed by atoms with Crippen molar-refractivity contribution in [3.63, 3.8) is 0 Å². The van der Waals surface area contributed by atoms with Gasteiger partial charge >= 0.3 is 0 Å². The molecule has 10 atom stereocenters. The van der Waals surface area contributed by atoms with Gasteiger partial charge in [0, 0.05) is 31.9 Å². The van der Waals surface area contributed by atoms with Crippen molar-refractivity contribution in [1.82, 2.24) is 9.80 Å². The average molecular weight is 688 g/mol. The van der Waals surface area contributed by atoms with Crippen LogP contribution in [0.2, 0.25) is 0 Å². The molecule has 6 aliphatic rings. The molecular weight excluding hydrogens is 623 g/mol. The van der Waals surface area contributed by atoms with Gasteiger partial charge in [-0.3, -0.25) is 4.79 Å². The predicted octanol–water partition coefficient (Wildman–Crippen LogP) is 9.16. The SMILES string of the molecule is Cc1ccc(NC(=S)N2CCN(C(=O)[C@]34CC[C@@H](C)[C@H](C)[C@H]3C3=CC[C@@H]5[C@@]6(C)CC[C@H](O)C(C)(C)[C@@H]6CC[C@@]5(C)[C@]3(C)CC4)CC2)cc1C. The molecule has 5 nitrogen and oxygen atoms in total. The summed E-state index contributed by atoms with van der Waals surface area (Å²) in [5.41, 5.74) is 5.45. The number of carbonyl (C=O) groups excluding carboxylic acids is 1. The van der Waals surface area contributed by atoms with Crippen molar-refractivity contribution >= 4 is 28.9 Å². The number of aliphatic hydroxyl groups excluding tert-OH is 1. The Hall–Kier alpha value is -1.92. The summed E-state index contributed by atoms with van der Waals surface area (Å²) >= 11 is 5.87. The molecule has 5 aliphatic carbocycles. The number of thiocarbonyl (C=S) groups is 1. The second-order valence-electron chi connectivity index (χ2n) is 19.2. The molecule has 1 saturated heterocycles. The number of rotatable bonds is 2. The van der Waals surface area contributed by atoms with Gasteiger partial charge in [-0.1, -0.05) is 66.2 Å². The number of fused-ring (bicyclic) bond motifs is 7. The topological polar surface area (TPSA) is 55.8 Å². The summed E-state index contributed by atoms with van der Waals surface area (Å²) in [6.45, 7) is 24.8. The molecule has 0 radical (unpaired) electrons. The standard InChI is InChI=1S/C43H65N3O2S/c1-27-10-11-31(26-29(27)3)44-38(49)46-24-22-45(23-25-46)37(48)43-19-14-28(2)30(4)36(43)32-12-13-34-40(7)17-16-35(47)39(5,6)33(40)15-18-42(34,9)41(32,8)20-21-43/h10-12,26,28,30,33-36,47H,13-25H2,1-9H3,(H,44,49)/t28-,30+,33+,34-,35+,36+,40+,41-,42-,43+/m1/s1. The third-order valence-electron chi connectivity index (χ3n) is 17.0. The zero-order valence-electron chi connectivity index (χ0n) is 32.1. The van der Waals surface area contributed by atoms with E-state index in [0.29, 0.717) is 35.5 Å². The Labute approximate surface area is 303 Å². The van der Waals surface area contributed by atoms with E-state index in [1.54, 1.807) is 5.57 Å². The zero-order chi connectivity index (χ0) is 35.3. The van der Waals surface area contributed by atoms with Crippen molar-refractivity contribution in [2.75, 3.05) is 31.5 Å². The first kappa shape index (κ1) is 35.5. The maximum Gasteiger partial charge on any atom is 0.229 e. The molecule has 0 aromatic heterocycles. The van der Waals surface area contributed by atoms with Crippen LogP contribution in [-0.2, 0) is 4.79 Å². The van der Waals surface area contributed by atoms with Gasteiger partial charge in [-0.2, -0.15) is 0 Å². The van der Waals surface area contributed by atoms with Crippen LogP contribution in [-0.4, -0.2) is 58.2 Å². The summed E-state index contributed by atoms with van der Waals surface area (Å²) in [7, 11) is 0. The lowest BCUT2D eigenvalue weighted by Crippen LogP contribution is -2.66. The van der Waals surface area contributed by atoms with E-state index in [4.69, 9.17) is 12.2 Å². The van der Waals surface area contributed by atoms with Crippen LogP contribution in [0, 0.1) is 70.5 Å². The number of aryl methyl sites for hydroxylation is 2. The summed E-state index contributed by atoms with van der Waals surface area (Å²) in [6, 6.07) is 6.41. The fourth-order valence-corrected chi connectivity index (χ4v) is 13.6. The summed E-state index contributed by atoms with van der Waals surface area (Å²) < 4.78 is 0. The van der Waals surface area contributed by atoms with Crippen LogP contribution in [0.4, 0.5) is 5.69 Å². The summed E-state index contributed by atoms with van der Waals surface area (Å²) in [5.74, 6) is 3.04. The molecule has 5 fully saturated rings. The van der Waals surface area contributed by atoms with Crippen molar-refractivity contribution in [3.8, 4) is 0 Å². The second-order valence-corrected chi connectivity index (χ2v) is 19.6. The lowest BCUT2D eigenvalue weighted by atomic mass is 9.33. The minimum atomic E-state index is -0.293. The van der Waals surface area contributed by atoms with Gasteiger partial charge < -0.3 is 20.2 Å². The number of aliphatic hydroxyl groups is 1. The van der Waals surface area contributed by atoms with E-state index in [9.17, 15) is 5.11 Å². The molecule has 6 heteroatoms. The first-order chi connectivity index (χ1) is 23.0. The van der Waals surface area contributed by atoms with Gasteiger partial charge in [0.1, 0.15) is 0 Å². The third-order valence-corrected chi connectivity index (χ3v) is 17.4.